The molecular weight excluding hydrogens is 228 g/mol. The van der Waals surface area contributed by atoms with Gasteiger partial charge < -0.3 is 4.74 Å². The van der Waals surface area contributed by atoms with E-state index < -0.39 is 0 Å². The van der Waals surface area contributed by atoms with Crippen LogP contribution in [-0.2, 0) is 0 Å². The molecule has 0 amide bonds. The van der Waals surface area contributed by atoms with E-state index in [2.05, 4.69) is 41.9 Å². The first-order valence-electron chi connectivity index (χ1n) is 4.44. The maximum absolute atomic E-state index is 5.61. The molecule has 72 valence electrons. The SMILES string of the molecule is Cc1cc(OC(C)C)cc(C)c1Br. The molecule has 13 heavy (non-hydrogen) atoms. The molecule has 2 heteroatoms. The van der Waals surface area contributed by atoms with Gasteiger partial charge in [0, 0.05) is 4.47 Å². The Morgan fingerprint density at radius 2 is 1.62 bits per heavy atom. The lowest BCUT2D eigenvalue weighted by atomic mass is 10.1. The summed E-state index contributed by atoms with van der Waals surface area (Å²) in [5.74, 6) is 0.952. The molecule has 1 rings (SSSR count). The number of benzene rings is 1. The molecule has 0 radical (unpaired) electrons. The van der Waals surface area contributed by atoms with Crippen molar-refractivity contribution in [3.05, 3.63) is 27.7 Å². The fraction of sp³-hybridized carbons (Fsp3) is 0.455. The van der Waals surface area contributed by atoms with Gasteiger partial charge in [-0.05, 0) is 51.0 Å². The summed E-state index contributed by atoms with van der Waals surface area (Å²) in [5.41, 5.74) is 2.44. The van der Waals surface area contributed by atoms with Crippen molar-refractivity contribution in [3.63, 3.8) is 0 Å². The zero-order valence-electron chi connectivity index (χ0n) is 8.52. The number of halogens is 1. The summed E-state index contributed by atoms with van der Waals surface area (Å²) < 4.78 is 6.78. The Morgan fingerprint density at radius 3 is 2.00 bits per heavy atom. The minimum absolute atomic E-state index is 0.236. The molecule has 0 aromatic heterocycles. The topological polar surface area (TPSA) is 9.23 Å². The Labute approximate surface area is 88.2 Å². The van der Waals surface area contributed by atoms with Gasteiger partial charge in [0.15, 0.2) is 0 Å². The van der Waals surface area contributed by atoms with Crippen LogP contribution in [0, 0.1) is 13.8 Å². The summed E-state index contributed by atoms with van der Waals surface area (Å²) in [6.07, 6.45) is 0.236. The van der Waals surface area contributed by atoms with Crippen molar-refractivity contribution in [2.45, 2.75) is 33.8 Å². The molecule has 0 saturated carbocycles. The van der Waals surface area contributed by atoms with Crippen LogP contribution in [0.1, 0.15) is 25.0 Å². The molecule has 0 saturated heterocycles. The van der Waals surface area contributed by atoms with Gasteiger partial charge in [0.05, 0.1) is 6.10 Å². The lowest BCUT2D eigenvalue weighted by Crippen LogP contribution is -2.05. The van der Waals surface area contributed by atoms with Gasteiger partial charge in [-0.1, -0.05) is 15.9 Å². The second-order valence-corrected chi connectivity index (χ2v) is 4.33. The first kappa shape index (κ1) is 10.6. The average Bonchev–Trinajstić information content (AvgIpc) is 1.98. The fourth-order valence-electron chi connectivity index (χ4n) is 1.25. The zero-order chi connectivity index (χ0) is 10.0. The molecule has 1 nitrogen and oxygen atoms in total. The van der Waals surface area contributed by atoms with Crippen molar-refractivity contribution in [2.75, 3.05) is 0 Å². The van der Waals surface area contributed by atoms with Gasteiger partial charge in [-0.25, -0.2) is 0 Å². The predicted molar refractivity (Wildman–Crippen MR) is 59.4 cm³/mol. The highest BCUT2D eigenvalue weighted by Crippen LogP contribution is 2.26. The van der Waals surface area contributed by atoms with Crippen LogP contribution in [0.15, 0.2) is 16.6 Å². The Hall–Kier alpha value is -0.500. The monoisotopic (exact) mass is 242 g/mol. The third-order valence-electron chi connectivity index (χ3n) is 1.78. The van der Waals surface area contributed by atoms with Crippen molar-refractivity contribution < 1.29 is 4.74 Å². The molecule has 0 aliphatic carbocycles. The van der Waals surface area contributed by atoms with E-state index in [1.807, 2.05) is 13.8 Å². The van der Waals surface area contributed by atoms with Crippen LogP contribution in [-0.4, -0.2) is 6.10 Å². The van der Waals surface area contributed by atoms with Crippen LogP contribution in [0.4, 0.5) is 0 Å². The highest BCUT2D eigenvalue weighted by molar-refractivity contribution is 9.10. The molecule has 0 aliphatic heterocycles. The lowest BCUT2D eigenvalue weighted by Gasteiger charge is -2.12. The molecule has 0 bridgehead atoms. The summed E-state index contributed by atoms with van der Waals surface area (Å²) in [7, 11) is 0. The van der Waals surface area contributed by atoms with Gasteiger partial charge in [0.25, 0.3) is 0 Å². The van der Waals surface area contributed by atoms with Crippen molar-refractivity contribution in [3.8, 4) is 5.75 Å². The van der Waals surface area contributed by atoms with Gasteiger partial charge in [0.2, 0.25) is 0 Å². The van der Waals surface area contributed by atoms with Crippen molar-refractivity contribution in [1.29, 1.82) is 0 Å². The molecule has 0 N–H and O–H groups in total. The molecular formula is C11H15BrO. The number of hydrogen-bond acceptors (Lipinski definition) is 1. The van der Waals surface area contributed by atoms with Crippen LogP contribution in [0.2, 0.25) is 0 Å². The summed E-state index contributed by atoms with van der Waals surface area (Å²) >= 11 is 3.52. The van der Waals surface area contributed by atoms with E-state index in [1.54, 1.807) is 0 Å². The Bertz CT molecular complexity index is 282. The number of hydrogen-bond donors (Lipinski definition) is 0. The summed E-state index contributed by atoms with van der Waals surface area (Å²) in [6.45, 7) is 8.22. The minimum atomic E-state index is 0.236. The van der Waals surface area contributed by atoms with Crippen molar-refractivity contribution >= 4 is 15.9 Å². The van der Waals surface area contributed by atoms with E-state index in [0.29, 0.717) is 0 Å². The Morgan fingerprint density at radius 1 is 1.15 bits per heavy atom. The molecule has 0 spiro atoms. The molecule has 0 heterocycles. The Balaban J connectivity index is 2.99. The van der Waals surface area contributed by atoms with E-state index in [0.717, 1.165) is 5.75 Å². The maximum atomic E-state index is 5.61. The molecule has 0 atom stereocenters. The van der Waals surface area contributed by atoms with Gasteiger partial charge in [-0.3, -0.25) is 0 Å². The van der Waals surface area contributed by atoms with E-state index >= 15 is 0 Å². The first-order valence-corrected chi connectivity index (χ1v) is 5.23. The highest BCUT2D eigenvalue weighted by atomic mass is 79.9. The van der Waals surface area contributed by atoms with Gasteiger partial charge in [0.1, 0.15) is 5.75 Å². The molecule has 0 aliphatic rings. The van der Waals surface area contributed by atoms with Crippen LogP contribution in [0.25, 0.3) is 0 Å². The van der Waals surface area contributed by atoms with Crippen LogP contribution < -0.4 is 4.74 Å². The minimum Gasteiger partial charge on any atom is -0.491 e. The maximum Gasteiger partial charge on any atom is 0.120 e. The normalized spacial score (nSPS) is 10.6. The Kier molecular flexibility index (Phi) is 3.37. The van der Waals surface area contributed by atoms with E-state index in [-0.39, 0.29) is 6.10 Å². The second kappa shape index (κ2) is 4.14. The molecule has 1 aromatic rings. The highest BCUT2D eigenvalue weighted by Gasteiger charge is 2.03. The van der Waals surface area contributed by atoms with Crippen molar-refractivity contribution in [2.24, 2.45) is 0 Å². The quantitative estimate of drug-likeness (QED) is 0.766. The van der Waals surface area contributed by atoms with Crippen molar-refractivity contribution in [1.82, 2.24) is 0 Å². The van der Waals surface area contributed by atoms with Crippen LogP contribution in [0.5, 0.6) is 5.75 Å². The number of rotatable bonds is 2. The van der Waals surface area contributed by atoms with Gasteiger partial charge >= 0.3 is 0 Å². The predicted octanol–water partition coefficient (Wildman–Crippen LogP) is 3.85. The third kappa shape index (κ3) is 2.73. The third-order valence-corrected chi connectivity index (χ3v) is 3.03. The average molecular weight is 243 g/mol. The second-order valence-electron chi connectivity index (χ2n) is 3.54. The fourth-order valence-corrected chi connectivity index (χ4v) is 1.48. The molecule has 0 unspecified atom stereocenters. The standard InChI is InChI=1S/C11H15BrO/c1-7(2)13-10-5-8(3)11(12)9(4)6-10/h5-7H,1-4H3. The van der Waals surface area contributed by atoms with Crippen LogP contribution >= 0.6 is 15.9 Å². The largest absolute Gasteiger partial charge is 0.491 e. The zero-order valence-corrected chi connectivity index (χ0v) is 10.1. The lowest BCUT2D eigenvalue weighted by molar-refractivity contribution is 0.242. The van der Waals surface area contributed by atoms with Gasteiger partial charge in [-0.2, -0.15) is 0 Å². The summed E-state index contributed by atoms with van der Waals surface area (Å²) in [4.78, 5) is 0. The number of aryl methyl sites for hydroxylation is 2. The summed E-state index contributed by atoms with van der Waals surface area (Å²) in [5, 5.41) is 0. The van der Waals surface area contributed by atoms with Crippen LogP contribution in [0.3, 0.4) is 0 Å². The van der Waals surface area contributed by atoms with E-state index in [1.165, 1.54) is 15.6 Å². The first-order chi connectivity index (χ1) is 6.00. The van der Waals surface area contributed by atoms with E-state index in [4.69, 9.17) is 4.74 Å². The van der Waals surface area contributed by atoms with E-state index in [9.17, 15) is 0 Å². The van der Waals surface area contributed by atoms with Gasteiger partial charge in [-0.15, -0.1) is 0 Å². The summed E-state index contributed by atoms with van der Waals surface area (Å²) in [6, 6.07) is 4.11. The molecule has 0 fully saturated rings. The number of ether oxygens (including phenoxy) is 1. The molecule has 1 aromatic carbocycles. The smallest absolute Gasteiger partial charge is 0.120 e.